The number of fused-ring (bicyclic) bond motifs is 1. The molecule has 1 fully saturated rings. The quantitative estimate of drug-likeness (QED) is 0.183. The zero-order valence-electron chi connectivity index (χ0n) is 24.7. The van der Waals surface area contributed by atoms with Crippen LogP contribution in [-0.2, 0) is 22.7 Å². The lowest BCUT2D eigenvalue weighted by Crippen LogP contribution is -2.42. The molecule has 0 radical (unpaired) electrons. The lowest BCUT2D eigenvalue weighted by Gasteiger charge is -2.15. The number of ketones is 1. The summed E-state index contributed by atoms with van der Waals surface area (Å²) in [5.74, 6) is -0.393. The fourth-order valence-corrected chi connectivity index (χ4v) is 5.07. The van der Waals surface area contributed by atoms with Gasteiger partial charge in [0.25, 0.3) is 11.8 Å². The van der Waals surface area contributed by atoms with E-state index in [-0.39, 0.29) is 42.2 Å². The van der Waals surface area contributed by atoms with E-state index in [1.54, 1.807) is 48.0 Å². The zero-order chi connectivity index (χ0) is 31.3. The number of hydrogen-bond acceptors (Lipinski definition) is 7. The van der Waals surface area contributed by atoms with Crippen molar-refractivity contribution < 1.29 is 28.3 Å². The number of ether oxygens (including phenoxy) is 1. The summed E-state index contributed by atoms with van der Waals surface area (Å²) >= 11 is 0. The molecule has 10 nitrogen and oxygen atoms in total. The van der Waals surface area contributed by atoms with Crippen LogP contribution >= 0.6 is 0 Å². The number of imidazole rings is 1. The molecule has 1 aliphatic carbocycles. The van der Waals surface area contributed by atoms with E-state index in [4.69, 9.17) is 9.15 Å². The Kier molecular flexibility index (Phi) is 8.54. The molecule has 1 aliphatic rings. The van der Waals surface area contributed by atoms with Gasteiger partial charge in [-0.2, -0.15) is 0 Å². The number of furan rings is 1. The van der Waals surface area contributed by atoms with E-state index >= 15 is 0 Å². The molecule has 0 unspecified atom stereocenters. The van der Waals surface area contributed by atoms with Crippen LogP contribution in [0.4, 0.5) is 0 Å². The number of hydrogen-bond donors (Lipinski definition) is 2. The van der Waals surface area contributed by atoms with E-state index in [0.717, 1.165) is 29.5 Å². The van der Waals surface area contributed by atoms with Crippen LogP contribution in [-0.4, -0.2) is 39.0 Å². The van der Waals surface area contributed by atoms with Gasteiger partial charge < -0.3 is 24.2 Å². The van der Waals surface area contributed by atoms with Crippen molar-refractivity contribution in [1.82, 2.24) is 20.0 Å². The minimum absolute atomic E-state index is 0.0278. The van der Waals surface area contributed by atoms with Gasteiger partial charge >= 0.3 is 5.97 Å². The minimum Gasteiger partial charge on any atom is -0.457 e. The Bertz CT molecular complexity index is 1870. The lowest BCUT2D eigenvalue weighted by molar-refractivity contribution is -0.121. The Labute approximate surface area is 259 Å². The van der Waals surface area contributed by atoms with Crippen molar-refractivity contribution in [2.75, 3.05) is 0 Å². The molecule has 0 saturated heterocycles. The number of nitrogens with zero attached hydrogens (tertiary/aromatic N) is 2. The molecule has 0 spiro atoms. The van der Waals surface area contributed by atoms with Gasteiger partial charge in [-0.1, -0.05) is 55.5 Å². The topological polar surface area (TPSA) is 132 Å². The second-order valence-corrected chi connectivity index (χ2v) is 11.0. The van der Waals surface area contributed by atoms with Crippen LogP contribution in [0.1, 0.15) is 68.7 Å². The highest BCUT2D eigenvalue weighted by Crippen LogP contribution is 2.34. The van der Waals surface area contributed by atoms with Crippen molar-refractivity contribution in [1.29, 1.82) is 0 Å². The first-order chi connectivity index (χ1) is 21.9. The van der Waals surface area contributed by atoms with Crippen molar-refractivity contribution in [3.8, 4) is 11.3 Å². The third-order valence-corrected chi connectivity index (χ3v) is 7.70. The third-order valence-electron chi connectivity index (χ3n) is 7.70. The van der Waals surface area contributed by atoms with Gasteiger partial charge in [-0.3, -0.25) is 14.4 Å². The monoisotopic (exact) mass is 604 g/mol. The van der Waals surface area contributed by atoms with Crippen LogP contribution in [0.25, 0.3) is 17.0 Å². The fourth-order valence-electron chi connectivity index (χ4n) is 5.07. The van der Waals surface area contributed by atoms with E-state index in [9.17, 15) is 19.2 Å². The summed E-state index contributed by atoms with van der Waals surface area (Å²) in [5, 5.41) is 5.72. The normalized spacial score (nSPS) is 13.3. The predicted molar refractivity (Wildman–Crippen MR) is 165 cm³/mol. The number of benzene rings is 2. The number of esters is 1. The maximum absolute atomic E-state index is 12.9. The van der Waals surface area contributed by atoms with Crippen molar-refractivity contribution in [2.45, 2.75) is 45.4 Å². The van der Waals surface area contributed by atoms with E-state index in [1.165, 1.54) is 0 Å². The molecule has 2 N–H and O–H groups in total. The van der Waals surface area contributed by atoms with Crippen molar-refractivity contribution in [3.63, 3.8) is 0 Å². The summed E-state index contributed by atoms with van der Waals surface area (Å²) in [6.07, 6.45) is 5.40. The van der Waals surface area contributed by atoms with Gasteiger partial charge in [0.15, 0.2) is 11.5 Å². The number of amides is 2. The van der Waals surface area contributed by atoms with Gasteiger partial charge in [-0.05, 0) is 60.2 Å². The number of rotatable bonds is 12. The Hall–Kier alpha value is -5.51. The molecule has 0 bridgehead atoms. The zero-order valence-corrected chi connectivity index (χ0v) is 24.7. The van der Waals surface area contributed by atoms with Crippen LogP contribution in [0, 0.1) is 5.92 Å². The first kappa shape index (κ1) is 29.6. The number of nitrogens with one attached hydrogen (secondary N) is 2. The summed E-state index contributed by atoms with van der Waals surface area (Å²) in [6.45, 7) is 2.19. The maximum Gasteiger partial charge on any atom is 0.339 e. The molecule has 45 heavy (non-hydrogen) atoms. The van der Waals surface area contributed by atoms with Gasteiger partial charge in [-0.25, -0.2) is 9.78 Å². The number of carbonyl (C=O) groups is 4. The molecular weight excluding hydrogens is 572 g/mol. The van der Waals surface area contributed by atoms with E-state index in [0.29, 0.717) is 23.4 Å². The number of aromatic nitrogens is 2. The largest absolute Gasteiger partial charge is 0.457 e. The highest BCUT2D eigenvalue weighted by atomic mass is 16.5. The van der Waals surface area contributed by atoms with Crippen LogP contribution in [0.3, 0.4) is 0 Å². The predicted octanol–water partition coefficient (Wildman–Crippen LogP) is 5.37. The molecule has 6 rings (SSSR count). The fraction of sp³-hybridized carbons (Fsp3) is 0.229. The summed E-state index contributed by atoms with van der Waals surface area (Å²) in [5.41, 5.74) is 3.51. The van der Waals surface area contributed by atoms with Crippen molar-refractivity contribution >= 4 is 29.2 Å². The molecule has 10 heteroatoms. The van der Waals surface area contributed by atoms with E-state index in [1.807, 2.05) is 54.6 Å². The van der Waals surface area contributed by atoms with Crippen molar-refractivity contribution in [2.24, 2.45) is 5.92 Å². The van der Waals surface area contributed by atoms with Crippen LogP contribution < -0.4 is 10.6 Å². The Morgan fingerprint density at radius 1 is 0.933 bits per heavy atom. The molecular formula is C35H32N4O6. The first-order valence-electron chi connectivity index (χ1n) is 14.9. The molecule has 3 aromatic heterocycles. The molecule has 2 amide bonds. The average molecular weight is 605 g/mol. The van der Waals surface area contributed by atoms with Gasteiger partial charge in [0, 0.05) is 30.9 Å². The number of Topliss-reactive ketones (excluding diaryl/α,β-unsaturated/α-hetero) is 1. The molecule has 0 aliphatic heterocycles. The maximum atomic E-state index is 12.9. The molecule has 3 heterocycles. The van der Waals surface area contributed by atoms with Gasteiger partial charge in [0.05, 0.1) is 11.6 Å². The van der Waals surface area contributed by atoms with Gasteiger partial charge in [-0.15, -0.1) is 0 Å². The minimum atomic E-state index is -0.473. The molecule has 1 saturated carbocycles. The summed E-state index contributed by atoms with van der Waals surface area (Å²) in [6, 6.07) is 22.9. The smallest absolute Gasteiger partial charge is 0.339 e. The second kappa shape index (κ2) is 13.0. The standard InChI is InChI=1S/C35H32N4O6/c1-2-28(40)32(24-11-12-24)38-34(42)30-15-14-29(45-30)25-10-6-9-23(17-25)18-36-33(41)27-20-39-19-26(13-16-31(39)37-27)35(43)44-21-22-7-4-3-5-8-22/h3-10,13-17,19-20,24,32H,2,11-12,18,21H2,1H3,(H,36,41)(H,38,42)/t32-/m0/s1. The average Bonchev–Trinajstić information content (AvgIpc) is 3.61. The van der Waals surface area contributed by atoms with Crippen molar-refractivity contribution in [3.05, 3.63) is 119 Å². The number of carbonyl (C=O) groups excluding carboxylic acids is 4. The third kappa shape index (κ3) is 7.01. The summed E-state index contributed by atoms with van der Waals surface area (Å²) in [4.78, 5) is 54.9. The Morgan fingerprint density at radius 2 is 1.73 bits per heavy atom. The second-order valence-electron chi connectivity index (χ2n) is 11.0. The van der Waals surface area contributed by atoms with Crippen LogP contribution in [0.5, 0.6) is 0 Å². The molecule has 1 atom stereocenters. The Morgan fingerprint density at radius 3 is 2.51 bits per heavy atom. The van der Waals surface area contributed by atoms with Crippen LogP contribution in [0.2, 0.25) is 0 Å². The summed E-state index contributed by atoms with van der Waals surface area (Å²) < 4.78 is 12.9. The lowest BCUT2D eigenvalue weighted by atomic mass is 10.1. The van der Waals surface area contributed by atoms with Gasteiger partial charge in [0.1, 0.15) is 23.7 Å². The Balaban J connectivity index is 1.06. The highest BCUT2D eigenvalue weighted by Gasteiger charge is 2.36. The SMILES string of the molecule is CCC(=O)[C@@H](NC(=O)c1ccc(-c2cccc(CNC(=O)c3cn4cc(C(=O)OCc5ccccc5)ccc4n3)c2)o1)C1CC1. The van der Waals surface area contributed by atoms with Gasteiger partial charge in [0.2, 0.25) is 0 Å². The molecule has 228 valence electrons. The van der Waals surface area contributed by atoms with E-state index in [2.05, 4.69) is 15.6 Å². The van der Waals surface area contributed by atoms with E-state index < -0.39 is 17.9 Å². The van der Waals surface area contributed by atoms with Crippen LogP contribution in [0.15, 0.2) is 95.7 Å². The molecule has 2 aromatic carbocycles. The highest BCUT2D eigenvalue weighted by molar-refractivity contribution is 5.97. The summed E-state index contributed by atoms with van der Waals surface area (Å²) in [7, 11) is 0. The first-order valence-corrected chi connectivity index (χ1v) is 14.9. The molecule has 5 aromatic rings. The number of pyridine rings is 1.